The highest BCUT2D eigenvalue weighted by atomic mass is 32.2. The molecule has 0 unspecified atom stereocenters. The van der Waals surface area contributed by atoms with E-state index in [1.165, 1.54) is 12.1 Å². The normalized spacial score (nSPS) is 12.8. The monoisotopic (exact) mass is 420 g/mol. The van der Waals surface area contributed by atoms with Crippen molar-refractivity contribution < 1.29 is 17.9 Å². The van der Waals surface area contributed by atoms with Crippen molar-refractivity contribution in [2.75, 3.05) is 12.1 Å². The number of benzene rings is 3. The minimum absolute atomic E-state index is 0.0425. The van der Waals surface area contributed by atoms with Crippen LogP contribution in [0.2, 0.25) is 0 Å². The zero-order valence-electron chi connectivity index (χ0n) is 15.6. The van der Waals surface area contributed by atoms with Crippen LogP contribution >= 0.6 is 0 Å². The summed E-state index contributed by atoms with van der Waals surface area (Å²) >= 11 is 0. The van der Waals surface area contributed by atoms with Crippen molar-refractivity contribution in [1.29, 1.82) is 0 Å². The molecule has 3 aromatic carbocycles. The van der Waals surface area contributed by atoms with E-state index in [0.717, 1.165) is 33.5 Å². The number of nitrogens with two attached hydrogens (primary N) is 1. The number of ether oxygens (including phenoxy) is 2. The zero-order chi connectivity index (χ0) is 20.7. The highest BCUT2D eigenvalue weighted by Gasteiger charge is 2.14. The van der Waals surface area contributed by atoms with Gasteiger partial charge in [0.05, 0.1) is 10.4 Å². The molecule has 0 fully saturated rings. The lowest BCUT2D eigenvalue weighted by Crippen LogP contribution is -2.11. The second-order valence-corrected chi connectivity index (χ2v) is 8.29. The smallest absolute Gasteiger partial charge is 0.238 e. The van der Waals surface area contributed by atoms with E-state index in [1.54, 1.807) is 18.3 Å². The number of hydrogen-bond donors (Lipinski definition) is 2. The lowest BCUT2D eigenvalue weighted by molar-refractivity contribution is 0.174. The Kier molecular flexibility index (Phi) is 4.27. The number of anilines is 2. The predicted octanol–water partition coefficient (Wildman–Crippen LogP) is 3.42. The van der Waals surface area contributed by atoms with Gasteiger partial charge in [-0.1, -0.05) is 18.2 Å². The second kappa shape index (κ2) is 6.97. The zero-order valence-corrected chi connectivity index (χ0v) is 16.4. The van der Waals surface area contributed by atoms with Gasteiger partial charge in [-0.3, -0.25) is 0 Å². The van der Waals surface area contributed by atoms with Crippen LogP contribution in [0, 0.1) is 0 Å². The molecule has 0 amide bonds. The predicted molar refractivity (Wildman–Crippen MR) is 112 cm³/mol. The highest BCUT2D eigenvalue weighted by Crippen LogP contribution is 2.36. The number of nitrogens with zero attached hydrogens (tertiary/aromatic N) is 2. The number of fused-ring (bicyclic) bond motifs is 2. The summed E-state index contributed by atoms with van der Waals surface area (Å²) in [6.07, 6.45) is 1.73. The molecule has 4 aromatic rings. The van der Waals surface area contributed by atoms with Crippen LogP contribution < -0.4 is 19.9 Å². The van der Waals surface area contributed by atoms with Crippen LogP contribution in [0.1, 0.15) is 0 Å². The van der Waals surface area contributed by atoms with E-state index in [2.05, 4.69) is 15.3 Å². The highest BCUT2D eigenvalue weighted by molar-refractivity contribution is 7.89. The molecule has 8 nitrogen and oxygen atoms in total. The molecule has 0 spiro atoms. The Labute approximate surface area is 172 Å². The van der Waals surface area contributed by atoms with Crippen molar-refractivity contribution in [3.8, 4) is 22.6 Å². The molecule has 150 valence electrons. The Bertz CT molecular complexity index is 1370. The fraction of sp³-hybridized carbons (Fsp3) is 0.0476. The van der Waals surface area contributed by atoms with E-state index in [0.29, 0.717) is 11.6 Å². The average molecular weight is 420 g/mol. The van der Waals surface area contributed by atoms with E-state index in [4.69, 9.17) is 14.6 Å². The number of nitrogens with one attached hydrogen (secondary N) is 1. The summed E-state index contributed by atoms with van der Waals surface area (Å²) < 4.78 is 33.6. The maximum atomic E-state index is 11.4. The summed E-state index contributed by atoms with van der Waals surface area (Å²) in [5.41, 5.74) is 3.40. The molecule has 0 aliphatic carbocycles. The van der Waals surface area contributed by atoms with Gasteiger partial charge in [-0.15, -0.1) is 0 Å². The van der Waals surface area contributed by atoms with Crippen LogP contribution in [-0.2, 0) is 10.0 Å². The summed E-state index contributed by atoms with van der Waals surface area (Å²) in [6, 6.07) is 17.8. The quantitative estimate of drug-likeness (QED) is 0.520. The van der Waals surface area contributed by atoms with Gasteiger partial charge >= 0.3 is 0 Å². The Morgan fingerprint density at radius 1 is 0.900 bits per heavy atom. The molecule has 5 rings (SSSR count). The van der Waals surface area contributed by atoms with Crippen molar-refractivity contribution in [3.05, 3.63) is 66.9 Å². The summed E-state index contributed by atoms with van der Waals surface area (Å²) in [4.78, 5) is 8.94. The molecule has 2 heterocycles. The second-order valence-electron chi connectivity index (χ2n) is 6.73. The third kappa shape index (κ3) is 3.51. The first-order valence-corrected chi connectivity index (χ1v) is 10.6. The molecule has 1 aliphatic rings. The molecule has 0 bridgehead atoms. The Morgan fingerprint density at radius 3 is 2.43 bits per heavy atom. The van der Waals surface area contributed by atoms with Crippen LogP contribution in [-0.4, -0.2) is 25.2 Å². The van der Waals surface area contributed by atoms with Crippen LogP contribution in [0.15, 0.2) is 71.8 Å². The van der Waals surface area contributed by atoms with Gasteiger partial charge in [-0.2, -0.15) is 0 Å². The molecule has 30 heavy (non-hydrogen) atoms. The summed E-state index contributed by atoms with van der Waals surface area (Å²) in [5, 5.41) is 9.10. The molecule has 1 aromatic heterocycles. The third-order valence-electron chi connectivity index (χ3n) is 4.73. The Morgan fingerprint density at radius 2 is 1.63 bits per heavy atom. The van der Waals surface area contributed by atoms with Gasteiger partial charge < -0.3 is 14.8 Å². The summed E-state index contributed by atoms with van der Waals surface area (Å²) in [6.45, 7) is 0.233. The summed E-state index contributed by atoms with van der Waals surface area (Å²) in [5.74, 6) is 1.86. The number of sulfonamides is 1. The number of rotatable bonds is 4. The van der Waals surface area contributed by atoms with Crippen molar-refractivity contribution in [1.82, 2.24) is 9.97 Å². The minimum Gasteiger partial charge on any atom is -0.454 e. The van der Waals surface area contributed by atoms with Crippen LogP contribution in [0.3, 0.4) is 0 Å². The molecule has 0 radical (unpaired) electrons. The molecule has 0 atom stereocenters. The molecule has 9 heteroatoms. The molecule has 0 saturated carbocycles. The molecular formula is C21H16N4O4S. The largest absolute Gasteiger partial charge is 0.454 e. The van der Waals surface area contributed by atoms with Gasteiger partial charge in [0.1, 0.15) is 0 Å². The van der Waals surface area contributed by atoms with Crippen molar-refractivity contribution in [2.24, 2.45) is 5.14 Å². The van der Waals surface area contributed by atoms with Gasteiger partial charge in [0.25, 0.3) is 0 Å². The standard InChI is InChI=1S/C21H16N4O4S/c22-30(26,27)17-6-4-16(5-7-17)24-21-23-11-15-2-1-13(9-18(15)25-21)14-3-8-19-20(10-14)29-12-28-19/h1-11H,12H2,(H2,22,26,27)(H,23,24,25). The van der Waals surface area contributed by atoms with Crippen molar-refractivity contribution in [2.45, 2.75) is 4.90 Å². The molecular weight excluding hydrogens is 404 g/mol. The van der Waals surface area contributed by atoms with Gasteiger partial charge in [0.2, 0.25) is 22.8 Å². The first-order valence-electron chi connectivity index (χ1n) is 9.02. The van der Waals surface area contributed by atoms with E-state index < -0.39 is 10.0 Å². The van der Waals surface area contributed by atoms with Crippen molar-refractivity contribution >= 4 is 32.6 Å². The topological polar surface area (TPSA) is 116 Å². The number of hydrogen-bond acceptors (Lipinski definition) is 7. The van der Waals surface area contributed by atoms with Crippen LogP contribution in [0.4, 0.5) is 11.6 Å². The number of aromatic nitrogens is 2. The van der Waals surface area contributed by atoms with E-state index >= 15 is 0 Å². The van der Waals surface area contributed by atoms with Gasteiger partial charge in [-0.05, 0) is 53.6 Å². The molecule has 0 saturated heterocycles. The van der Waals surface area contributed by atoms with Crippen LogP contribution in [0.25, 0.3) is 22.0 Å². The third-order valence-corrected chi connectivity index (χ3v) is 5.66. The van der Waals surface area contributed by atoms with Gasteiger partial charge in [-0.25, -0.2) is 23.5 Å². The average Bonchev–Trinajstić information content (AvgIpc) is 3.21. The maximum Gasteiger partial charge on any atom is 0.238 e. The first kappa shape index (κ1) is 18.3. The summed E-state index contributed by atoms with van der Waals surface area (Å²) in [7, 11) is -3.73. The maximum absolute atomic E-state index is 11.4. The molecule has 3 N–H and O–H groups in total. The SMILES string of the molecule is NS(=O)(=O)c1ccc(Nc2ncc3ccc(-c4ccc5c(c4)OCO5)cc3n2)cc1. The van der Waals surface area contributed by atoms with E-state index in [-0.39, 0.29) is 11.7 Å². The first-order chi connectivity index (χ1) is 14.5. The Hall–Kier alpha value is -3.69. The Balaban J connectivity index is 1.45. The van der Waals surface area contributed by atoms with Gasteiger partial charge in [0.15, 0.2) is 11.5 Å². The van der Waals surface area contributed by atoms with Gasteiger partial charge in [0, 0.05) is 17.3 Å². The van der Waals surface area contributed by atoms with Crippen molar-refractivity contribution in [3.63, 3.8) is 0 Å². The fourth-order valence-electron chi connectivity index (χ4n) is 3.20. The number of primary sulfonamides is 1. The fourth-order valence-corrected chi connectivity index (χ4v) is 3.71. The van der Waals surface area contributed by atoms with E-state index in [9.17, 15) is 8.42 Å². The minimum atomic E-state index is -3.73. The van der Waals surface area contributed by atoms with E-state index in [1.807, 2.05) is 36.4 Å². The van der Waals surface area contributed by atoms with Crippen LogP contribution in [0.5, 0.6) is 11.5 Å². The lowest BCUT2D eigenvalue weighted by Gasteiger charge is -2.08. The lowest BCUT2D eigenvalue weighted by atomic mass is 10.0. The molecule has 1 aliphatic heterocycles.